The summed E-state index contributed by atoms with van der Waals surface area (Å²) in [6.45, 7) is 6.52. The summed E-state index contributed by atoms with van der Waals surface area (Å²) in [5, 5.41) is 1.48. The van der Waals surface area contributed by atoms with E-state index in [4.69, 9.17) is 17.4 Å². The minimum absolute atomic E-state index is 0.0734. The molecule has 2 heterocycles. The van der Waals surface area contributed by atoms with E-state index in [1.807, 2.05) is 36.5 Å². The summed E-state index contributed by atoms with van der Waals surface area (Å²) < 4.78 is 1.66. The maximum atomic E-state index is 13.0. The third-order valence-electron chi connectivity index (χ3n) is 6.26. The summed E-state index contributed by atoms with van der Waals surface area (Å²) in [4.78, 5) is 15.6. The van der Waals surface area contributed by atoms with E-state index in [2.05, 4.69) is 24.8 Å². The molecule has 0 fully saturated rings. The lowest BCUT2D eigenvalue weighted by Crippen LogP contribution is -2.37. The third kappa shape index (κ3) is 3.78. The van der Waals surface area contributed by atoms with Gasteiger partial charge in [0.05, 0.1) is 10.5 Å². The van der Waals surface area contributed by atoms with E-state index in [9.17, 15) is 4.79 Å². The van der Waals surface area contributed by atoms with Crippen molar-refractivity contribution in [2.45, 2.75) is 39.2 Å². The Morgan fingerprint density at radius 2 is 1.93 bits per heavy atom. The predicted molar refractivity (Wildman–Crippen MR) is 126 cm³/mol. The number of nitrogens with two attached hydrogens (primary N) is 1. The van der Waals surface area contributed by atoms with Gasteiger partial charge in [-0.25, -0.2) is 0 Å². The maximum absolute atomic E-state index is 13.0. The van der Waals surface area contributed by atoms with Crippen LogP contribution in [0.2, 0.25) is 5.02 Å². The SMILES string of the molecule is CCC(CC)N1CC=C(c2cn(N)c3ccc(C(=O)c4ccccc4Cl)cc23)CC1. The number of fused-ring (bicyclic) bond motifs is 1. The highest BCUT2D eigenvalue weighted by atomic mass is 35.5. The van der Waals surface area contributed by atoms with Gasteiger partial charge in [-0.05, 0) is 55.2 Å². The van der Waals surface area contributed by atoms with Crippen molar-refractivity contribution in [3.05, 3.63) is 76.5 Å². The zero-order valence-corrected chi connectivity index (χ0v) is 18.3. The van der Waals surface area contributed by atoms with Crippen LogP contribution in [0.15, 0.2) is 54.7 Å². The molecule has 0 spiro atoms. The summed E-state index contributed by atoms with van der Waals surface area (Å²) in [6.07, 6.45) is 7.63. The normalized spacial score (nSPS) is 15.0. The molecule has 0 unspecified atom stereocenters. The van der Waals surface area contributed by atoms with Gasteiger partial charge < -0.3 is 5.84 Å². The number of halogens is 1. The van der Waals surface area contributed by atoms with Gasteiger partial charge in [0.1, 0.15) is 0 Å². The first-order valence-electron chi connectivity index (χ1n) is 10.7. The molecule has 4 nitrogen and oxygen atoms in total. The zero-order chi connectivity index (χ0) is 21.3. The van der Waals surface area contributed by atoms with Crippen molar-refractivity contribution in [1.29, 1.82) is 0 Å². The maximum Gasteiger partial charge on any atom is 0.194 e. The smallest absolute Gasteiger partial charge is 0.194 e. The van der Waals surface area contributed by atoms with Crippen LogP contribution in [-0.2, 0) is 0 Å². The second-order valence-electron chi connectivity index (χ2n) is 7.94. The molecular weight excluding hydrogens is 394 g/mol. The van der Waals surface area contributed by atoms with Gasteiger partial charge in [0.25, 0.3) is 0 Å². The first-order chi connectivity index (χ1) is 14.5. The zero-order valence-electron chi connectivity index (χ0n) is 17.6. The van der Waals surface area contributed by atoms with Crippen molar-refractivity contribution in [2.24, 2.45) is 0 Å². The van der Waals surface area contributed by atoms with Crippen LogP contribution < -0.4 is 5.84 Å². The van der Waals surface area contributed by atoms with E-state index in [0.717, 1.165) is 36.0 Å². The average Bonchev–Trinajstić information content (AvgIpc) is 3.11. The number of benzene rings is 2. The summed E-state index contributed by atoms with van der Waals surface area (Å²) in [7, 11) is 0. The molecule has 5 heteroatoms. The third-order valence-corrected chi connectivity index (χ3v) is 6.59. The number of nitrogen functional groups attached to an aromatic ring is 1. The lowest BCUT2D eigenvalue weighted by Gasteiger charge is -2.33. The molecule has 1 aromatic heterocycles. The van der Waals surface area contributed by atoms with E-state index in [-0.39, 0.29) is 5.78 Å². The molecule has 0 atom stereocenters. The molecule has 2 N–H and O–H groups in total. The van der Waals surface area contributed by atoms with Crippen LogP contribution in [0.25, 0.3) is 16.5 Å². The molecule has 1 aliphatic rings. The second-order valence-corrected chi connectivity index (χ2v) is 8.34. The predicted octanol–water partition coefficient (Wildman–Crippen LogP) is 5.52. The Bertz CT molecular complexity index is 1110. The largest absolute Gasteiger partial charge is 0.339 e. The summed E-state index contributed by atoms with van der Waals surface area (Å²) >= 11 is 6.25. The van der Waals surface area contributed by atoms with Crippen LogP contribution in [0.4, 0.5) is 0 Å². The van der Waals surface area contributed by atoms with E-state index in [0.29, 0.717) is 22.2 Å². The fraction of sp³-hybridized carbons (Fsp3) is 0.320. The highest BCUT2D eigenvalue weighted by Gasteiger charge is 2.21. The monoisotopic (exact) mass is 421 g/mol. The van der Waals surface area contributed by atoms with Crippen LogP contribution in [0, 0.1) is 0 Å². The van der Waals surface area contributed by atoms with Crippen molar-refractivity contribution in [1.82, 2.24) is 9.58 Å². The topological polar surface area (TPSA) is 51.3 Å². The Labute approximate surface area is 182 Å². The van der Waals surface area contributed by atoms with Gasteiger partial charge in [-0.2, -0.15) is 0 Å². The summed E-state index contributed by atoms with van der Waals surface area (Å²) in [5.74, 6) is 6.16. The Morgan fingerprint density at radius 1 is 1.17 bits per heavy atom. The highest BCUT2D eigenvalue weighted by Crippen LogP contribution is 2.32. The molecule has 30 heavy (non-hydrogen) atoms. The van der Waals surface area contributed by atoms with E-state index < -0.39 is 0 Å². The fourth-order valence-corrected chi connectivity index (χ4v) is 4.74. The molecule has 1 aliphatic heterocycles. The number of aromatic nitrogens is 1. The van der Waals surface area contributed by atoms with Gasteiger partial charge in [0, 0.05) is 47.4 Å². The number of hydrogen-bond acceptors (Lipinski definition) is 3. The molecule has 4 rings (SSSR count). The molecule has 2 aromatic carbocycles. The lowest BCUT2D eigenvalue weighted by atomic mass is 9.95. The van der Waals surface area contributed by atoms with Crippen molar-refractivity contribution < 1.29 is 4.79 Å². The fourth-order valence-electron chi connectivity index (χ4n) is 4.52. The van der Waals surface area contributed by atoms with Crippen molar-refractivity contribution in [2.75, 3.05) is 18.9 Å². The van der Waals surface area contributed by atoms with Gasteiger partial charge in [-0.15, -0.1) is 0 Å². The Kier molecular flexibility index (Phi) is 5.98. The molecule has 0 saturated carbocycles. The quantitative estimate of drug-likeness (QED) is 0.421. The molecule has 0 radical (unpaired) electrons. The number of nitrogens with zero attached hydrogens (tertiary/aromatic N) is 2. The van der Waals surface area contributed by atoms with Gasteiger partial charge in [-0.1, -0.05) is 43.7 Å². The summed E-state index contributed by atoms with van der Waals surface area (Å²) in [5.41, 5.74) is 4.48. The van der Waals surface area contributed by atoms with Crippen molar-refractivity contribution in [3.8, 4) is 0 Å². The molecule has 3 aromatic rings. The van der Waals surface area contributed by atoms with Gasteiger partial charge in [0.15, 0.2) is 5.78 Å². The summed E-state index contributed by atoms with van der Waals surface area (Å²) in [6, 6.07) is 13.5. The second kappa shape index (κ2) is 8.66. The van der Waals surface area contributed by atoms with Gasteiger partial charge in [0.2, 0.25) is 0 Å². The van der Waals surface area contributed by atoms with Crippen LogP contribution in [-0.4, -0.2) is 34.5 Å². The molecule has 0 amide bonds. The average molecular weight is 422 g/mol. The number of hydrogen-bond donors (Lipinski definition) is 1. The first kappa shape index (κ1) is 20.7. The molecule has 0 bridgehead atoms. The van der Waals surface area contributed by atoms with E-state index >= 15 is 0 Å². The standard InChI is InChI=1S/C25H28ClN3O/c1-3-19(4-2)28-13-11-17(12-14-28)22-16-29(27)24-10-9-18(15-21(22)24)25(30)20-7-5-6-8-23(20)26/h5-11,15-16,19H,3-4,12-14,27H2,1-2H3. The molecule has 0 aliphatic carbocycles. The molecular formula is C25H28ClN3O. The number of carbonyl (C=O) groups excluding carboxylic acids is 1. The van der Waals surface area contributed by atoms with Crippen LogP contribution in [0.5, 0.6) is 0 Å². The van der Waals surface area contributed by atoms with Gasteiger partial charge >= 0.3 is 0 Å². The first-order valence-corrected chi connectivity index (χ1v) is 11.0. The Hall–Kier alpha value is -2.56. The highest BCUT2D eigenvalue weighted by molar-refractivity contribution is 6.35. The van der Waals surface area contributed by atoms with E-state index in [1.165, 1.54) is 18.4 Å². The lowest BCUT2D eigenvalue weighted by molar-refractivity contribution is 0.103. The van der Waals surface area contributed by atoms with E-state index in [1.54, 1.807) is 16.8 Å². The Balaban J connectivity index is 1.69. The van der Waals surface area contributed by atoms with Gasteiger partial charge in [-0.3, -0.25) is 14.4 Å². The van der Waals surface area contributed by atoms with Crippen molar-refractivity contribution >= 4 is 33.9 Å². The molecule has 0 saturated heterocycles. The van der Waals surface area contributed by atoms with Crippen LogP contribution >= 0.6 is 11.6 Å². The number of rotatable bonds is 6. The van der Waals surface area contributed by atoms with Crippen LogP contribution in [0.1, 0.15) is 54.6 Å². The number of ketones is 1. The Morgan fingerprint density at radius 3 is 2.60 bits per heavy atom. The minimum Gasteiger partial charge on any atom is -0.339 e. The minimum atomic E-state index is -0.0734. The van der Waals surface area contributed by atoms with Crippen molar-refractivity contribution in [3.63, 3.8) is 0 Å². The van der Waals surface area contributed by atoms with Crippen LogP contribution in [0.3, 0.4) is 0 Å². The number of carbonyl (C=O) groups is 1. The molecule has 156 valence electrons.